The summed E-state index contributed by atoms with van der Waals surface area (Å²) in [4.78, 5) is 24.1. The monoisotopic (exact) mass is 390 g/mol. The summed E-state index contributed by atoms with van der Waals surface area (Å²) < 4.78 is 18.5. The number of ether oxygens (including phenoxy) is 1. The fourth-order valence-corrected chi connectivity index (χ4v) is 2.44. The van der Waals surface area contributed by atoms with Crippen molar-refractivity contribution in [2.75, 3.05) is 7.11 Å². The number of methoxy groups -OCH3 is 1. The lowest BCUT2D eigenvalue weighted by Crippen LogP contribution is -2.41. The van der Waals surface area contributed by atoms with Crippen LogP contribution in [-0.4, -0.2) is 18.9 Å². The van der Waals surface area contributed by atoms with Crippen LogP contribution >= 0.6 is 34.8 Å². The van der Waals surface area contributed by atoms with Crippen molar-refractivity contribution in [3.05, 3.63) is 62.3 Å². The molecule has 0 heterocycles. The molecule has 0 aromatic heterocycles. The van der Waals surface area contributed by atoms with E-state index in [1.165, 1.54) is 19.2 Å². The molecule has 2 aromatic rings. The summed E-state index contributed by atoms with van der Waals surface area (Å²) >= 11 is 17.2. The van der Waals surface area contributed by atoms with Crippen molar-refractivity contribution >= 4 is 46.6 Å². The van der Waals surface area contributed by atoms with Gasteiger partial charge in [0.1, 0.15) is 11.6 Å². The number of hydrogen-bond acceptors (Lipinski definition) is 3. The summed E-state index contributed by atoms with van der Waals surface area (Å²) in [5.74, 6) is -2.03. The Morgan fingerprint density at radius 3 is 2.21 bits per heavy atom. The van der Waals surface area contributed by atoms with Gasteiger partial charge < -0.3 is 4.74 Å². The van der Waals surface area contributed by atoms with Crippen molar-refractivity contribution in [3.63, 3.8) is 0 Å². The molecule has 0 saturated heterocycles. The first-order valence-corrected chi connectivity index (χ1v) is 7.55. The molecule has 2 amide bonds. The highest BCUT2D eigenvalue weighted by Crippen LogP contribution is 2.24. The molecule has 2 aromatic carbocycles. The molecule has 9 heteroatoms. The highest BCUT2D eigenvalue weighted by molar-refractivity contribution is 6.36. The van der Waals surface area contributed by atoms with Gasteiger partial charge in [0, 0.05) is 5.02 Å². The molecule has 24 heavy (non-hydrogen) atoms. The molecule has 5 nitrogen and oxygen atoms in total. The zero-order chi connectivity index (χ0) is 17.9. The van der Waals surface area contributed by atoms with Gasteiger partial charge in [0.05, 0.1) is 28.3 Å². The van der Waals surface area contributed by atoms with Crippen LogP contribution in [0.1, 0.15) is 20.7 Å². The van der Waals surface area contributed by atoms with Crippen LogP contribution in [0.2, 0.25) is 15.1 Å². The number of hydrogen-bond donors (Lipinski definition) is 2. The van der Waals surface area contributed by atoms with Crippen molar-refractivity contribution in [1.82, 2.24) is 10.9 Å². The Balaban J connectivity index is 2.13. The summed E-state index contributed by atoms with van der Waals surface area (Å²) in [5.41, 5.74) is 4.22. The third-order valence-electron chi connectivity index (χ3n) is 2.95. The molecule has 0 aliphatic heterocycles. The van der Waals surface area contributed by atoms with Gasteiger partial charge >= 0.3 is 0 Å². The number of hydrazine groups is 1. The number of nitrogens with one attached hydrogen (secondary N) is 2. The predicted octanol–water partition coefficient (Wildman–Crippen LogP) is 3.87. The number of rotatable bonds is 3. The lowest BCUT2D eigenvalue weighted by atomic mass is 10.2. The van der Waals surface area contributed by atoms with E-state index in [0.717, 1.165) is 12.1 Å². The second-order valence-corrected chi connectivity index (χ2v) is 5.75. The Labute approximate surface area is 151 Å². The molecule has 0 aliphatic rings. The molecule has 0 bridgehead atoms. The van der Waals surface area contributed by atoms with E-state index in [-0.39, 0.29) is 26.9 Å². The van der Waals surface area contributed by atoms with Gasteiger partial charge in [0.25, 0.3) is 11.8 Å². The van der Waals surface area contributed by atoms with Crippen LogP contribution in [0.25, 0.3) is 0 Å². The highest BCUT2D eigenvalue weighted by atomic mass is 35.5. The lowest BCUT2D eigenvalue weighted by molar-refractivity contribution is 0.0845. The van der Waals surface area contributed by atoms with Crippen LogP contribution in [0.15, 0.2) is 30.3 Å². The summed E-state index contributed by atoms with van der Waals surface area (Å²) in [6.45, 7) is 0. The van der Waals surface area contributed by atoms with E-state index in [1.54, 1.807) is 6.07 Å². The maximum absolute atomic E-state index is 13.4. The lowest BCUT2D eigenvalue weighted by Gasteiger charge is -2.11. The standard InChI is InChI=1S/C15H10Cl3FN2O3/c1-24-13-3-2-7(16)4-9(13)15(23)21-20-14(22)8-5-12(19)11(18)6-10(8)17/h2-6H,1H3,(H,20,22)(H,21,23). The Kier molecular flexibility index (Phi) is 5.88. The second-order valence-electron chi connectivity index (χ2n) is 4.50. The number of halogens is 4. The van der Waals surface area contributed by atoms with Gasteiger partial charge in [0.15, 0.2) is 0 Å². The molecule has 2 N–H and O–H groups in total. The van der Waals surface area contributed by atoms with Crippen LogP contribution in [0.4, 0.5) is 4.39 Å². The molecule has 0 radical (unpaired) electrons. The maximum Gasteiger partial charge on any atom is 0.273 e. The van der Waals surface area contributed by atoms with Crippen LogP contribution in [-0.2, 0) is 0 Å². The van der Waals surface area contributed by atoms with Crippen LogP contribution in [0.3, 0.4) is 0 Å². The normalized spacial score (nSPS) is 10.2. The number of carbonyl (C=O) groups is 2. The van der Waals surface area contributed by atoms with E-state index in [9.17, 15) is 14.0 Å². The molecular weight excluding hydrogens is 382 g/mol. The first-order valence-electron chi connectivity index (χ1n) is 6.42. The van der Waals surface area contributed by atoms with E-state index >= 15 is 0 Å². The third-order valence-corrected chi connectivity index (χ3v) is 3.79. The summed E-state index contributed by atoms with van der Waals surface area (Å²) in [6.07, 6.45) is 0. The molecule has 0 saturated carbocycles. The smallest absolute Gasteiger partial charge is 0.273 e. The van der Waals surface area contributed by atoms with Crippen molar-refractivity contribution in [3.8, 4) is 5.75 Å². The van der Waals surface area contributed by atoms with Gasteiger partial charge in [-0.3, -0.25) is 20.4 Å². The largest absolute Gasteiger partial charge is 0.496 e. The van der Waals surface area contributed by atoms with Crippen molar-refractivity contribution in [2.24, 2.45) is 0 Å². The van der Waals surface area contributed by atoms with E-state index in [4.69, 9.17) is 39.5 Å². The van der Waals surface area contributed by atoms with Gasteiger partial charge in [-0.1, -0.05) is 34.8 Å². The van der Waals surface area contributed by atoms with E-state index < -0.39 is 17.6 Å². The average Bonchev–Trinajstić information content (AvgIpc) is 2.55. The highest BCUT2D eigenvalue weighted by Gasteiger charge is 2.17. The zero-order valence-electron chi connectivity index (χ0n) is 12.1. The minimum absolute atomic E-state index is 0.0616. The SMILES string of the molecule is COc1ccc(Cl)cc1C(=O)NNC(=O)c1cc(F)c(Cl)cc1Cl. The Hall–Kier alpha value is -2.02. The maximum atomic E-state index is 13.4. The van der Waals surface area contributed by atoms with Crippen LogP contribution < -0.4 is 15.6 Å². The Morgan fingerprint density at radius 1 is 0.958 bits per heavy atom. The fraction of sp³-hybridized carbons (Fsp3) is 0.0667. The fourth-order valence-electron chi connectivity index (χ4n) is 1.80. The van der Waals surface area contributed by atoms with Crippen LogP contribution in [0, 0.1) is 5.82 Å². The molecule has 0 fully saturated rings. The minimum Gasteiger partial charge on any atom is -0.496 e. The minimum atomic E-state index is -0.815. The second kappa shape index (κ2) is 7.70. The summed E-state index contributed by atoms with van der Waals surface area (Å²) in [7, 11) is 1.38. The zero-order valence-corrected chi connectivity index (χ0v) is 14.4. The molecule has 0 aliphatic carbocycles. The van der Waals surface area contributed by atoms with Crippen molar-refractivity contribution in [1.29, 1.82) is 0 Å². The first kappa shape index (κ1) is 18.3. The average molecular weight is 392 g/mol. The topological polar surface area (TPSA) is 67.4 Å². The van der Waals surface area contributed by atoms with Crippen LogP contribution in [0.5, 0.6) is 5.75 Å². The van der Waals surface area contributed by atoms with E-state index in [0.29, 0.717) is 5.02 Å². The number of amides is 2. The third kappa shape index (κ3) is 4.08. The number of benzene rings is 2. The van der Waals surface area contributed by atoms with Gasteiger partial charge in [-0.05, 0) is 30.3 Å². The molecule has 0 atom stereocenters. The first-order chi connectivity index (χ1) is 11.3. The molecule has 0 unspecified atom stereocenters. The predicted molar refractivity (Wildman–Crippen MR) is 89.4 cm³/mol. The molecule has 0 spiro atoms. The summed E-state index contributed by atoms with van der Waals surface area (Å²) in [6, 6.07) is 6.38. The number of carbonyl (C=O) groups excluding carboxylic acids is 2. The van der Waals surface area contributed by atoms with Gasteiger partial charge in [-0.15, -0.1) is 0 Å². The van der Waals surface area contributed by atoms with Crippen molar-refractivity contribution < 1.29 is 18.7 Å². The van der Waals surface area contributed by atoms with Gasteiger partial charge in [-0.25, -0.2) is 4.39 Å². The van der Waals surface area contributed by atoms with Gasteiger partial charge in [-0.2, -0.15) is 0 Å². The summed E-state index contributed by atoms with van der Waals surface area (Å²) in [5, 5.41) is 0.0350. The Morgan fingerprint density at radius 2 is 1.58 bits per heavy atom. The molecule has 2 rings (SSSR count). The molecule has 126 valence electrons. The van der Waals surface area contributed by atoms with Gasteiger partial charge in [0.2, 0.25) is 0 Å². The van der Waals surface area contributed by atoms with Crippen molar-refractivity contribution in [2.45, 2.75) is 0 Å². The van der Waals surface area contributed by atoms with E-state index in [2.05, 4.69) is 10.9 Å². The molecular formula is C15H10Cl3FN2O3. The van der Waals surface area contributed by atoms with E-state index in [1.807, 2.05) is 0 Å². The Bertz CT molecular complexity index is 815. The quantitative estimate of drug-likeness (QED) is 0.616.